The van der Waals surface area contributed by atoms with Gasteiger partial charge < -0.3 is 14.6 Å². The van der Waals surface area contributed by atoms with Crippen LogP contribution in [-0.2, 0) is 13.0 Å². The van der Waals surface area contributed by atoms with Gasteiger partial charge in [-0.2, -0.15) is 5.26 Å². The number of aryl methyl sites for hydroxylation is 3. The molecule has 3 aromatic rings. The van der Waals surface area contributed by atoms with Gasteiger partial charge in [-0.05, 0) is 122 Å². The number of aliphatic hydroxyl groups is 1. The molecular formula is C32H37NO3. The van der Waals surface area contributed by atoms with Crippen LogP contribution in [0.15, 0.2) is 48.5 Å². The molecule has 1 N–H and O–H groups in total. The first kappa shape index (κ1) is 25.8. The van der Waals surface area contributed by atoms with E-state index in [1.165, 1.54) is 44.5 Å². The van der Waals surface area contributed by atoms with E-state index in [0.717, 1.165) is 24.3 Å². The standard InChI is InChI=1S/C32H37NO3/c1-21-17-28(35-16-14-32(4,5)34)18-22(2)31(21)29-8-6-7-26(23(29)3)20-36-27-11-12-30-24(13-15-33)9-10-25(30)19-27/h6-8,11-12,17-19,24,34H,9-10,13-14,16,20H2,1-5H3. The number of nitriles is 1. The Bertz CT molecular complexity index is 1260. The summed E-state index contributed by atoms with van der Waals surface area (Å²) < 4.78 is 12.2. The second-order valence-corrected chi connectivity index (χ2v) is 10.7. The molecule has 0 saturated carbocycles. The van der Waals surface area contributed by atoms with Crippen molar-refractivity contribution in [2.45, 2.75) is 78.4 Å². The molecule has 1 aliphatic carbocycles. The van der Waals surface area contributed by atoms with E-state index in [4.69, 9.17) is 14.7 Å². The summed E-state index contributed by atoms with van der Waals surface area (Å²) in [6.45, 7) is 11.0. The van der Waals surface area contributed by atoms with Crippen LogP contribution in [0, 0.1) is 32.1 Å². The van der Waals surface area contributed by atoms with Gasteiger partial charge in [0.15, 0.2) is 0 Å². The van der Waals surface area contributed by atoms with Crippen LogP contribution in [0.3, 0.4) is 0 Å². The summed E-state index contributed by atoms with van der Waals surface area (Å²) in [5, 5.41) is 19.0. The second kappa shape index (κ2) is 10.8. The average Bonchev–Trinajstić information content (AvgIpc) is 3.20. The third kappa shape index (κ3) is 5.91. The quantitative estimate of drug-likeness (QED) is 0.346. The lowest BCUT2D eigenvalue weighted by Gasteiger charge is -2.19. The van der Waals surface area contributed by atoms with Crippen molar-refractivity contribution in [1.82, 2.24) is 0 Å². The average molecular weight is 484 g/mol. The fraction of sp³-hybridized carbons (Fsp3) is 0.406. The lowest BCUT2D eigenvalue weighted by atomic mass is 9.90. The molecule has 0 saturated heterocycles. The van der Waals surface area contributed by atoms with Gasteiger partial charge >= 0.3 is 0 Å². The van der Waals surface area contributed by atoms with Crippen LogP contribution in [0.25, 0.3) is 11.1 Å². The number of nitrogens with zero attached hydrogens (tertiary/aromatic N) is 1. The van der Waals surface area contributed by atoms with Gasteiger partial charge in [-0.15, -0.1) is 0 Å². The van der Waals surface area contributed by atoms with Crippen molar-refractivity contribution in [1.29, 1.82) is 5.26 Å². The highest BCUT2D eigenvalue weighted by atomic mass is 16.5. The zero-order valence-electron chi connectivity index (χ0n) is 22.1. The van der Waals surface area contributed by atoms with Crippen molar-refractivity contribution in [3.63, 3.8) is 0 Å². The highest BCUT2D eigenvalue weighted by molar-refractivity contribution is 5.75. The SMILES string of the molecule is Cc1cc(OCCC(C)(C)O)cc(C)c1-c1cccc(COc2ccc3c(c2)CCC3CC#N)c1C. The van der Waals surface area contributed by atoms with E-state index in [9.17, 15) is 5.11 Å². The summed E-state index contributed by atoms with van der Waals surface area (Å²) in [7, 11) is 0. The van der Waals surface area contributed by atoms with Crippen LogP contribution in [0.5, 0.6) is 11.5 Å². The predicted octanol–water partition coefficient (Wildman–Crippen LogP) is 7.34. The predicted molar refractivity (Wildman–Crippen MR) is 145 cm³/mol. The summed E-state index contributed by atoms with van der Waals surface area (Å²) in [4.78, 5) is 0. The molecule has 0 heterocycles. The van der Waals surface area contributed by atoms with Gasteiger partial charge in [-0.25, -0.2) is 0 Å². The van der Waals surface area contributed by atoms with Gasteiger partial charge in [0.25, 0.3) is 0 Å². The first-order valence-electron chi connectivity index (χ1n) is 12.8. The lowest BCUT2D eigenvalue weighted by molar-refractivity contribution is 0.0553. The van der Waals surface area contributed by atoms with Gasteiger partial charge in [-0.3, -0.25) is 0 Å². The molecule has 0 spiro atoms. The van der Waals surface area contributed by atoms with Gasteiger partial charge in [0, 0.05) is 12.8 Å². The monoisotopic (exact) mass is 483 g/mol. The van der Waals surface area contributed by atoms with Crippen LogP contribution >= 0.6 is 0 Å². The van der Waals surface area contributed by atoms with E-state index < -0.39 is 5.60 Å². The summed E-state index contributed by atoms with van der Waals surface area (Å²) in [6.07, 6.45) is 3.24. The Morgan fingerprint density at radius 2 is 1.75 bits per heavy atom. The van der Waals surface area contributed by atoms with E-state index in [0.29, 0.717) is 32.0 Å². The molecule has 4 nitrogen and oxygen atoms in total. The van der Waals surface area contributed by atoms with Crippen molar-refractivity contribution in [3.8, 4) is 28.7 Å². The third-order valence-corrected chi connectivity index (χ3v) is 7.25. The molecule has 0 aliphatic heterocycles. The van der Waals surface area contributed by atoms with Crippen molar-refractivity contribution in [2.24, 2.45) is 0 Å². The molecule has 36 heavy (non-hydrogen) atoms. The Balaban J connectivity index is 1.49. The first-order chi connectivity index (χ1) is 17.2. The van der Waals surface area contributed by atoms with Gasteiger partial charge in [-0.1, -0.05) is 24.3 Å². The molecule has 0 amide bonds. The maximum Gasteiger partial charge on any atom is 0.120 e. The molecule has 0 aromatic heterocycles. The van der Waals surface area contributed by atoms with Crippen LogP contribution in [0.1, 0.15) is 72.4 Å². The number of hydrogen-bond acceptors (Lipinski definition) is 4. The Labute approximate surface area is 215 Å². The Morgan fingerprint density at radius 1 is 1.00 bits per heavy atom. The zero-order valence-corrected chi connectivity index (χ0v) is 22.1. The summed E-state index contributed by atoms with van der Waals surface area (Å²) >= 11 is 0. The Kier molecular flexibility index (Phi) is 7.71. The highest BCUT2D eigenvalue weighted by Crippen LogP contribution is 2.38. The number of ether oxygens (including phenoxy) is 2. The second-order valence-electron chi connectivity index (χ2n) is 10.7. The third-order valence-electron chi connectivity index (χ3n) is 7.25. The lowest BCUT2D eigenvalue weighted by Crippen LogP contribution is -2.21. The maximum absolute atomic E-state index is 9.94. The molecule has 0 radical (unpaired) electrons. The normalized spacial score (nSPS) is 14.9. The molecule has 188 valence electrons. The molecule has 1 aliphatic rings. The Hall–Kier alpha value is -3.29. The smallest absolute Gasteiger partial charge is 0.120 e. The van der Waals surface area contributed by atoms with E-state index >= 15 is 0 Å². The van der Waals surface area contributed by atoms with Crippen LogP contribution < -0.4 is 9.47 Å². The molecule has 3 aromatic carbocycles. The van der Waals surface area contributed by atoms with Gasteiger partial charge in [0.2, 0.25) is 0 Å². The van der Waals surface area contributed by atoms with Crippen molar-refractivity contribution < 1.29 is 14.6 Å². The van der Waals surface area contributed by atoms with E-state index in [-0.39, 0.29) is 0 Å². The summed E-state index contributed by atoms with van der Waals surface area (Å²) in [5.74, 6) is 2.09. The minimum Gasteiger partial charge on any atom is -0.493 e. The van der Waals surface area contributed by atoms with E-state index in [1.807, 2.05) is 6.07 Å². The van der Waals surface area contributed by atoms with Crippen molar-refractivity contribution in [2.75, 3.05) is 6.61 Å². The Morgan fingerprint density at radius 3 is 2.44 bits per heavy atom. The topological polar surface area (TPSA) is 62.5 Å². The van der Waals surface area contributed by atoms with Crippen molar-refractivity contribution in [3.05, 3.63) is 81.9 Å². The van der Waals surface area contributed by atoms with Crippen LogP contribution in [-0.4, -0.2) is 17.3 Å². The fourth-order valence-corrected chi connectivity index (χ4v) is 5.22. The minimum absolute atomic E-state index is 0.364. The summed E-state index contributed by atoms with van der Waals surface area (Å²) in [5.41, 5.74) is 9.04. The van der Waals surface area contributed by atoms with E-state index in [2.05, 4.69) is 69.3 Å². The van der Waals surface area contributed by atoms with Crippen LogP contribution in [0.2, 0.25) is 0 Å². The van der Waals surface area contributed by atoms with Crippen molar-refractivity contribution >= 4 is 0 Å². The number of benzene rings is 3. The van der Waals surface area contributed by atoms with E-state index in [1.54, 1.807) is 13.8 Å². The fourth-order valence-electron chi connectivity index (χ4n) is 5.22. The summed E-state index contributed by atoms with van der Waals surface area (Å²) in [6, 6.07) is 19.2. The first-order valence-corrected chi connectivity index (χ1v) is 12.8. The maximum atomic E-state index is 9.94. The molecule has 4 heteroatoms. The van der Waals surface area contributed by atoms with Gasteiger partial charge in [0.05, 0.1) is 18.3 Å². The number of rotatable bonds is 9. The molecular weight excluding hydrogens is 446 g/mol. The molecule has 1 unspecified atom stereocenters. The highest BCUT2D eigenvalue weighted by Gasteiger charge is 2.22. The zero-order chi connectivity index (χ0) is 25.9. The molecule has 0 fully saturated rings. The van der Waals surface area contributed by atoms with Gasteiger partial charge in [0.1, 0.15) is 18.1 Å². The molecule has 1 atom stereocenters. The van der Waals surface area contributed by atoms with Crippen LogP contribution in [0.4, 0.5) is 0 Å². The molecule has 0 bridgehead atoms. The minimum atomic E-state index is -0.733. The largest absolute Gasteiger partial charge is 0.493 e. The number of hydrogen-bond donors (Lipinski definition) is 1. The number of fused-ring (bicyclic) bond motifs is 1. The molecule has 4 rings (SSSR count).